The van der Waals surface area contributed by atoms with Crippen LogP contribution in [0.25, 0.3) is 0 Å². The molecule has 2 N–H and O–H groups in total. The van der Waals surface area contributed by atoms with Crippen LogP contribution in [0.2, 0.25) is 5.02 Å². The highest BCUT2D eigenvalue weighted by atomic mass is 35.5. The van der Waals surface area contributed by atoms with Crippen molar-refractivity contribution in [1.82, 2.24) is 10.2 Å². The van der Waals surface area contributed by atoms with Gasteiger partial charge in [0.15, 0.2) is 5.82 Å². The van der Waals surface area contributed by atoms with Gasteiger partial charge in [-0.15, -0.1) is 5.10 Å². The molecule has 2 aromatic rings. The molecule has 6 heteroatoms. The molecule has 1 amide bonds. The van der Waals surface area contributed by atoms with Crippen LogP contribution in [0.5, 0.6) is 5.75 Å². The Labute approximate surface area is 102 Å². The molecule has 0 bridgehead atoms. The van der Waals surface area contributed by atoms with Gasteiger partial charge in [0.1, 0.15) is 5.75 Å². The topological polar surface area (TPSA) is 75.1 Å². The average Bonchev–Trinajstić information content (AvgIpc) is 2.33. The standard InChI is InChI=1S/C11H8ClN3O2/c12-9-4-3-7(16)6-8(9)11(17)14-10-2-1-5-13-15-10/h1-6,16H,(H,14,15,17). The molecule has 1 heterocycles. The van der Waals surface area contributed by atoms with E-state index in [9.17, 15) is 9.90 Å². The highest BCUT2D eigenvalue weighted by Gasteiger charge is 2.11. The molecule has 0 atom stereocenters. The summed E-state index contributed by atoms with van der Waals surface area (Å²) in [6, 6.07) is 7.38. The zero-order chi connectivity index (χ0) is 12.3. The van der Waals surface area contributed by atoms with E-state index in [0.717, 1.165) is 0 Å². The monoisotopic (exact) mass is 249 g/mol. The number of aromatic hydroxyl groups is 1. The van der Waals surface area contributed by atoms with Crippen LogP contribution in [0.4, 0.5) is 5.82 Å². The number of carbonyl (C=O) groups excluding carboxylic acids is 1. The van der Waals surface area contributed by atoms with Crippen molar-refractivity contribution in [3.05, 3.63) is 47.1 Å². The largest absolute Gasteiger partial charge is 0.508 e. The van der Waals surface area contributed by atoms with Crippen molar-refractivity contribution in [2.75, 3.05) is 5.32 Å². The highest BCUT2D eigenvalue weighted by molar-refractivity contribution is 6.34. The Balaban J connectivity index is 2.23. The van der Waals surface area contributed by atoms with Crippen molar-refractivity contribution in [3.8, 4) is 5.75 Å². The maximum Gasteiger partial charge on any atom is 0.258 e. The fourth-order valence-electron chi connectivity index (χ4n) is 1.24. The van der Waals surface area contributed by atoms with E-state index in [0.29, 0.717) is 5.82 Å². The normalized spacial score (nSPS) is 9.94. The van der Waals surface area contributed by atoms with Crippen LogP contribution in [0.15, 0.2) is 36.5 Å². The van der Waals surface area contributed by atoms with Crippen molar-refractivity contribution in [1.29, 1.82) is 0 Å². The molecular weight excluding hydrogens is 242 g/mol. The van der Waals surface area contributed by atoms with Gasteiger partial charge >= 0.3 is 0 Å². The van der Waals surface area contributed by atoms with Crippen molar-refractivity contribution in [2.45, 2.75) is 0 Å². The van der Waals surface area contributed by atoms with E-state index in [1.165, 1.54) is 24.4 Å². The van der Waals surface area contributed by atoms with Gasteiger partial charge in [0, 0.05) is 6.20 Å². The van der Waals surface area contributed by atoms with Gasteiger partial charge in [0.2, 0.25) is 0 Å². The summed E-state index contributed by atoms with van der Waals surface area (Å²) in [5.41, 5.74) is 0.178. The number of nitrogens with zero attached hydrogens (tertiary/aromatic N) is 2. The zero-order valence-corrected chi connectivity index (χ0v) is 9.35. The first-order chi connectivity index (χ1) is 8.16. The fourth-order valence-corrected chi connectivity index (χ4v) is 1.44. The van der Waals surface area contributed by atoms with Gasteiger partial charge in [-0.3, -0.25) is 4.79 Å². The highest BCUT2D eigenvalue weighted by Crippen LogP contribution is 2.21. The van der Waals surface area contributed by atoms with Crippen LogP contribution in [0.1, 0.15) is 10.4 Å². The average molecular weight is 250 g/mol. The number of hydrogen-bond donors (Lipinski definition) is 2. The van der Waals surface area contributed by atoms with Crippen molar-refractivity contribution in [2.24, 2.45) is 0 Å². The number of anilines is 1. The molecule has 0 saturated heterocycles. The van der Waals surface area contributed by atoms with Crippen molar-refractivity contribution >= 4 is 23.3 Å². The maximum absolute atomic E-state index is 11.8. The summed E-state index contributed by atoms with van der Waals surface area (Å²) in [6.45, 7) is 0. The van der Waals surface area contributed by atoms with Gasteiger partial charge < -0.3 is 10.4 Å². The third-order valence-corrected chi connectivity index (χ3v) is 2.34. The van der Waals surface area contributed by atoms with Gasteiger partial charge in [-0.2, -0.15) is 5.10 Å². The Hall–Kier alpha value is -2.14. The summed E-state index contributed by atoms with van der Waals surface area (Å²) in [6.07, 6.45) is 1.50. The minimum Gasteiger partial charge on any atom is -0.508 e. The lowest BCUT2D eigenvalue weighted by molar-refractivity contribution is 0.102. The summed E-state index contributed by atoms with van der Waals surface area (Å²) < 4.78 is 0. The Bertz CT molecular complexity index is 546. The van der Waals surface area contributed by atoms with Crippen LogP contribution >= 0.6 is 11.6 Å². The minimum atomic E-state index is -0.452. The summed E-state index contributed by atoms with van der Waals surface area (Å²) in [7, 11) is 0. The predicted molar refractivity (Wildman–Crippen MR) is 63.1 cm³/mol. The van der Waals surface area contributed by atoms with E-state index in [1.807, 2.05) is 0 Å². The predicted octanol–water partition coefficient (Wildman–Crippen LogP) is 2.09. The fraction of sp³-hybridized carbons (Fsp3) is 0. The molecule has 1 aromatic heterocycles. The minimum absolute atomic E-state index is 0.0290. The molecular formula is C11H8ClN3O2. The van der Waals surface area contributed by atoms with Gasteiger partial charge in [0.25, 0.3) is 5.91 Å². The zero-order valence-electron chi connectivity index (χ0n) is 8.59. The Kier molecular flexibility index (Phi) is 3.20. The Morgan fingerprint density at radius 1 is 1.35 bits per heavy atom. The number of rotatable bonds is 2. The second kappa shape index (κ2) is 4.80. The van der Waals surface area contributed by atoms with Crippen LogP contribution in [0, 0.1) is 0 Å². The first-order valence-electron chi connectivity index (χ1n) is 4.74. The number of benzene rings is 1. The van der Waals surface area contributed by atoms with Gasteiger partial charge in [0.05, 0.1) is 10.6 Å². The molecule has 86 valence electrons. The summed E-state index contributed by atoms with van der Waals surface area (Å²) in [5, 5.41) is 19.4. The van der Waals surface area contributed by atoms with E-state index in [1.54, 1.807) is 12.1 Å². The summed E-state index contributed by atoms with van der Waals surface area (Å²) in [4.78, 5) is 11.8. The molecule has 0 spiro atoms. The molecule has 0 fully saturated rings. The number of hydrogen-bond acceptors (Lipinski definition) is 4. The van der Waals surface area contributed by atoms with Gasteiger partial charge in [-0.25, -0.2) is 0 Å². The van der Waals surface area contributed by atoms with E-state index < -0.39 is 5.91 Å². The molecule has 0 saturated carbocycles. The second-order valence-corrected chi connectivity index (χ2v) is 3.63. The molecule has 5 nitrogen and oxygen atoms in total. The Morgan fingerprint density at radius 2 is 2.18 bits per heavy atom. The first-order valence-corrected chi connectivity index (χ1v) is 5.12. The third kappa shape index (κ3) is 2.70. The van der Waals surface area contributed by atoms with E-state index >= 15 is 0 Å². The molecule has 0 unspecified atom stereocenters. The number of nitrogens with one attached hydrogen (secondary N) is 1. The number of amides is 1. The molecule has 2 rings (SSSR count). The van der Waals surface area contributed by atoms with Crippen LogP contribution in [-0.2, 0) is 0 Å². The Morgan fingerprint density at radius 3 is 2.88 bits per heavy atom. The van der Waals surface area contributed by atoms with Crippen molar-refractivity contribution < 1.29 is 9.90 Å². The molecule has 0 aliphatic heterocycles. The molecule has 17 heavy (non-hydrogen) atoms. The molecule has 0 aliphatic rings. The maximum atomic E-state index is 11.8. The van der Waals surface area contributed by atoms with E-state index in [4.69, 9.17) is 11.6 Å². The lowest BCUT2D eigenvalue weighted by atomic mass is 10.2. The summed E-state index contributed by atoms with van der Waals surface area (Å²) >= 11 is 5.85. The smallest absolute Gasteiger partial charge is 0.258 e. The SMILES string of the molecule is O=C(Nc1cccnn1)c1cc(O)ccc1Cl. The second-order valence-electron chi connectivity index (χ2n) is 3.23. The molecule has 0 radical (unpaired) electrons. The van der Waals surface area contributed by atoms with E-state index in [-0.39, 0.29) is 16.3 Å². The number of aromatic nitrogens is 2. The van der Waals surface area contributed by atoms with Crippen LogP contribution in [-0.4, -0.2) is 21.2 Å². The van der Waals surface area contributed by atoms with Gasteiger partial charge in [-0.1, -0.05) is 11.6 Å². The number of phenols is 1. The number of halogens is 1. The van der Waals surface area contributed by atoms with Crippen molar-refractivity contribution in [3.63, 3.8) is 0 Å². The summed E-state index contributed by atoms with van der Waals surface area (Å²) in [5.74, 6) is -0.165. The van der Waals surface area contributed by atoms with E-state index in [2.05, 4.69) is 15.5 Å². The lowest BCUT2D eigenvalue weighted by Crippen LogP contribution is -2.13. The number of carbonyl (C=O) groups is 1. The lowest BCUT2D eigenvalue weighted by Gasteiger charge is -2.05. The van der Waals surface area contributed by atoms with Crippen LogP contribution < -0.4 is 5.32 Å². The van der Waals surface area contributed by atoms with Gasteiger partial charge in [-0.05, 0) is 30.3 Å². The first kappa shape index (κ1) is 11.3. The third-order valence-electron chi connectivity index (χ3n) is 2.01. The van der Waals surface area contributed by atoms with Crippen LogP contribution in [0.3, 0.4) is 0 Å². The quantitative estimate of drug-likeness (QED) is 0.855. The molecule has 1 aromatic carbocycles. The number of phenolic OH excluding ortho intramolecular Hbond substituents is 1. The molecule has 0 aliphatic carbocycles.